The smallest absolute Gasteiger partial charge is 0.308 e. The van der Waals surface area contributed by atoms with E-state index in [1.165, 1.54) is 0 Å². The first-order chi connectivity index (χ1) is 12.5. The molecular formula is C20H21N3O3. The lowest BCUT2D eigenvalue weighted by Crippen LogP contribution is -2.30. The number of aromatic nitrogens is 2. The summed E-state index contributed by atoms with van der Waals surface area (Å²) in [5, 5.41) is 9.65. The predicted octanol–water partition coefficient (Wildman–Crippen LogP) is 2.60. The molecule has 6 heteroatoms. The van der Waals surface area contributed by atoms with E-state index in [9.17, 15) is 14.7 Å². The quantitative estimate of drug-likeness (QED) is 0.915. The highest BCUT2D eigenvalue weighted by Crippen LogP contribution is 2.38. The van der Waals surface area contributed by atoms with Gasteiger partial charge in [-0.05, 0) is 30.9 Å². The van der Waals surface area contributed by atoms with Crippen LogP contribution >= 0.6 is 0 Å². The molecule has 4 rings (SSSR count). The zero-order chi connectivity index (χ0) is 18.3. The summed E-state index contributed by atoms with van der Waals surface area (Å²) in [5.74, 6) is -0.642. The van der Waals surface area contributed by atoms with Gasteiger partial charge in [-0.2, -0.15) is 0 Å². The predicted molar refractivity (Wildman–Crippen MR) is 95.0 cm³/mol. The second-order valence-corrected chi connectivity index (χ2v) is 7.22. The van der Waals surface area contributed by atoms with Gasteiger partial charge in [0.05, 0.1) is 11.5 Å². The van der Waals surface area contributed by atoms with Gasteiger partial charge in [-0.1, -0.05) is 24.3 Å². The molecule has 2 heterocycles. The molecule has 0 bridgehead atoms. The molecule has 26 heavy (non-hydrogen) atoms. The fourth-order valence-electron chi connectivity index (χ4n) is 3.72. The number of benzene rings is 1. The molecule has 0 unspecified atom stereocenters. The topological polar surface area (TPSA) is 83.4 Å². The number of carbonyl (C=O) groups is 2. The molecule has 2 atom stereocenters. The fraction of sp³-hybridized carbons (Fsp3) is 0.400. The van der Waals surface area contributed by atoms with Crippen LogP contribution in [-0.2, 0) is 4.79 Å². The SMILES string of the molecule is Cc1ccccc1[C@@H]1CN(C(=O)c2cnc(C3CC3)nc2)C[C@H]1C(=O)O. The van der Waals surface area contributed by atoms with E-state index in [0.29, 0.717) is 18.0 Å². The van der Waals surface area contributed by atoms with Gasteiger partial charge < -0.3 is 10.0 Å². The molecule has 1 aliphatic carbocycles. The number of carboxylic acids is 1. The van der Waals surface area contributed by atoms with E-state index in [2.05, 4.69) is 9.97 Å². The summed E-state index contributed by atoms with van der Waals surface area (Å²) in [6.45, 7) is 2.58. The van der Waals surface area contributed by atoms with Gasteiger partial charge in [0.2, 0.25) is 0 Å². The van der Waals surface area contributed by atoms with Gasteiger partial charge in [-0.15, -0.1) is 0 Å². The first-order valence-electron chi connectivity index (χ1n) is 8.94. The third-order valence-electron chi connectivity index (χ3n) is 5.37. The summed E-state index contributed by atoms with van der Waals surface area (Å²) in [6.07, 6.45) is 5.36. The van der Waals surface area contributed by atoms with Crippen LogP contribution < -0.4 is 0 Å². The van der Waals surface area contributed by atoms with E-state index >= 15 is 0 Å². The van der Waals surface area contributed by atoms with E-state index in [4.69, 9.17) is 0 Å². The maximum atomic E-state index is 12.8. The van der Waals surface area contributed by atoms with Crippen LogP contribution in [0.3, 0.4) is 0 Å². The minimum absolute atomic E-state index is 0.199. The van der Waals surface area contributed by atoms with Crippen LogP contribution in [0.25, 0.3) is 0 Å². The standard InChI is InChI=1S/C20H21N3O3/c1-12-4-2-3-5-15(12)16-10-23(11-17(16)20(25)26)19(24)14-8-21-18(22-9-14)13-6-7-13/h2-5,8-9,13,16-17H,6-7,10-11H2,1H3,(H,25,26)/t16-,17+/m0/s1. The van der Waals surface area contributed by atoms with Crippen molar-refractivity contribution in [2.75, 3.05) is 13.1 Å². The molecule has 2 aliphatic rings. The first-order valence-corrected chi connectivity index (χ1v) is 8.94. The largest absolute Gasteiger partial charge is 0.481 e. The van der Waals surface area contributed by atoms with Crippen molar-refractivity contribution in [1.82, 2.24) is 14.9 Å². The van der Waals surface area contributed by atoms with Crippen molar-refractivity contribution in [3.05, 3.63) is 59.2 Å². The third kappa shape index (κ3) is 3.07. The maximum absolute atomic E-state index is 12.8. The van der Waals surface area contributed by atoms with Crippen molar-refractivity contribution < 1.29 is 14.7 Å². The summed E-state index contributed by atoms with van der Waals surface area (Å²) >= 11 is 0. The molecule has 0 spiro atoms. The number of amides is 1. The van der Waals surface area contributed by atoms with Gasteiger partial charge in [-0.3, -0.25) is 9.59 Å². The molecule has 1 aromatic carbocycles. The highest BCUT2D eigenvalue weighted by molar-refractivity contribution is 5.94. The van der Waals surface area contributed by atoms with Crippen molar-refractivity contribution in [2.45, 2.75) is 31.6 Å². The second kappa shape index (κ2) is 6.52. The Balaban J connectivity index is 1.56. The molecule has 2 fully saturated rings. The van der Waals surface area contributed by atoms with Crippen LogP contribution in [0, 0.1) is 12.8 Å². The van der Waals surface area contributed by atoms with Crippen LogP contribution in [0.4, 0.5) is 0 Å². The zero-order valence-corrected chi connectivity index (χ0v) is 14.6. The van der Waals surface area contributed by atoms with Crippen LogP contribution in [0.1, 0.15) is 52.0 Å². The lowest BCUT2D eigenvalue weighted by Gasteiger charge is -2.18. The Hall–Kier alpha value is -2.76. The van der Waals surface area contributed by atoms with Gasteiger partial charge in [-0.25, -0.2) is 9.97 Å². The van der Waals surface area contributed by atoms with Crippen molar-refractivity contribution in [3.63, 3.8) is 0 Å². The highest BCUT2D eigenvalue weighted by atomic mass is 16.4. The minimum Gasteiger partial charge on any atom is -0.481 e. The number of hydrogen-bond donors (Lipinski definition) is 1. The average Bonchev–Trinajstić information content (AvgIpc) is 3.40. The number of carbonyl (C=O) groups excluding carboxylic acids is 1. The van der Waals surface area contributed by atoms with Gasteiger partial charge in [0.25, 0.3) is 5.91 Å². The molecule has 1 saturated carbocycles. The Morgan fingerprint density at radius 2 is 1.81 bits per heavy atom. The van der Waals surface area contributed by atoms with Gasteiger partial charge in [0, 0.05) is 37.3 Å². The molecule has 1 saturated heterocycles. The molecule has 0 radical (unpaired) electrons. The van der Waals surface area contributed by atoms with Gasteiger partial charge in [0.1, 0.15) is 5.82 Å². The Kier molecular flexibility index (Phi) is 4.18. The van der Waals surface area contributed by atoms with Gasteiger partial charge in [0.15, 0.2) is 0 Å². The number of nitrogens with zero attached hydrogens (tertiary/aromatic N) is 3. The number of hydrogen-bond acceptors (Lipinski definition) is 4. The van der Waals surface area contributed by atoms with Gasteiger partial charge >= 0.3 is 5.97 Å². The molecule has 2 aromatic rings. The van der Waals surface area contributed by atoms with E-state index in [1.807, 2.05) is 31.2 Å². The van der Waals surface area contributed by atoms with E-state index in [-0.39, 0.29) is 18.4 Å². The van der Waals surface area contributed by atoms with Crippen LogP contribution in [0.2, 0.25) is 0 Å². The third-order valence-corrected chi connectivity index (χ3v) is 5.37. The van der Waals surface area contributed by atoms with E-state index in [0.717, 1.165) is 29.8 Å². The summed E-state index contributed by atoms with van der Waals surface area (Å²) in [7, 11) is 0. The monoisotopic (exact) mass is 351 g/mol. The van der Waals surface area contributed by atoms with Crippen LogP contribution in [0.5, 0.6) is 0 Å². The fourth-order valence-corrected chi connectivity index (χ4v) is 3.72. The second-order valence-electron chi connectivity index (χ2n) is 7.22. The van der Waals surface area contributed by atoms with Crippen molar-refractivity contribution >= 4 is 11.9 Å². The Labute approximate surface area is 151 Å². The van der Waals surface area contributed by atoms with Crippen molar-refractivity contribution in [2.24, 2.45) is 5.92 Å². The molecule has 134 valence electrons. The van der Waals surface area contributed by atoms with E-state index < -0.39 is 11.9 Å². The number of carboxylic acid groups (broad SMARTS) is 1. The zero-order valence-electron chi connectivity index (χ0n) is 14.6. The molecule has 1 amide bonds. The summed E-state index contributed by atoms with van der Waals surface area (Å²) in [5.41, 5.74) is 2.47. The Morgan fingerprint density at radius 1 is 1.12 bits per heavy atom. The van der Waals surface area contributed by atoms with E-state index in [1.54, 1.807) is 17.3 Å². The number of aliphatic carboxylic acids is 1. The normalized spacial score (nSPS) is 22.4. The molecule has 1 N–H and O–H groups in total. The first kappa shape index (κ1) is 16.7. The lowest BCUT2D eigenvalue weighted by molar-refractivity contribution is -0.141. The summed E-state index contributed by atoms with van der Waals surface area (Å²) in [6, 6.07) is 7.78. The number of likely N-dealkylation sites (tertiary alicyclic amines) is 1. The Bertz CT molecular complexity index is 846. The number of rotatable bonds is 4. The minimum atomic E-state index is -0.867. The highest BCUT2D eigenvalue weighted by Gasteiger charge is 2.41. The summed E-state index contributed by atoms with van der Waals surface area (Å²) in [4.78, 5) is 34.8. The van der Waals surface area contributed by atoms with Crippen molar-refractivity contribution in [3.8, 4) is 0 Å². The molecule has 1 aliphatic heterocycles. The lowest BCUT2D eigenvalue weighted by atomic mass is 9.86. The summed E-state index contributed by atoms with van der Waals surface area (Å²) < 4.78 is 0. The average molecular weight is 351 g/mol. The maximum Gasteiger partial charge on any atom is 0.308 e. The number of aryl methyl sites for hydroxylation is 1. The molecule has 1 aromatic heterocycles. The van der Waals surface area contributed by atoms with Crippen LogP contribution in [0.15, 0.2) is 36.7 Å². The molecular weight excluding hydrogens is 330 g/mol. The molecule has 6 nitrogen and oxygen atoms in total. The van der Waals surface area contributed by atoms with Crippen LogP contribution in [-0.4, -0.2) is 44.9 Å². The Morgan fingerprint density at radius 3 is 2.42 bits per heavy atom. The van der Waals surface area contributed by atoms with Crippen molar-refractivity contribution in [1.29, 1.82) is 0 Å².